The van der Waals surface area contributed by atoms with Crippen molar-refractivity contribution in [2.45, 2.75) is 59.5 Å². The molecule has 1 saturated heterocycles. The highest BCUT2D eigenvalue weighted by atomic mass is 16.5. The van der Waals surface area contributed by atoms with Gasteiger partial charge in [0, 0.05) is 12.3 Å². The van der Waals surface area contributed by atoms with E-state index in [1.807, 2.05) is 0 Å². The van der Waals surface area contributed by atoms with Crippen LogP contribution in [0, 0.1) is 29.6 Å². The maximum Gasteiger partial charge on any atom is 0.139 e. The number of rotatable bonds is 3. The molecule has 22 heavy (non-hydrogen) atoms. The molecule has 0 amide bonds. The van der Waals surface area contributed by atoms with E-state index in [4.69, 9.17) is 4.74 Å². The molecule has 3 fully saturated rings. The van der Waals surface area contributed by atoms with Gasteiger partial charge in [0.15, 0.2) is 0 Å². The van der Waals surface area contributed by atoms with Crippen LogP contribution in [0.4, 0.5) is 0 Å². The molecule has 0 aromatic heterocycles. The molecule has 2 heteroatoms. The number of fused-ring (bicyclic) bond motifs is 4. The lowest BCUT2D eigenvalue weighted by molar-refractivity contribution is -0.124. The first-order chi connectivity index (χ1) is 10.5. The van der Waals surface area contributed by atoms with Crippen LogP contribution in [0.2, 0.25) is 0 Å². The minimum absolute atomic E-state index is 0.193. The van der Waals surface area contributed by atoms with E-state index in [0.29, 0.717) is 35.9 Å². The summed E-state index contributed by atoms with van der Waals surface area (Å²) in [6.45, 7) is 9.69. The molecule has 2 saturated carbocycles. The van der Waals surface area contributed by atoms with Crippen LogP contribution in [-0.4, -0.2) is 18.5 Å². The van der Waals surface area contributed by atoms with Crippen molar-refractivity contribution in [1.29, 1.82) is 0 Å². The van der Waals surface area contributed by atoms with Gasteiger partial charge in [-0.25, -0.2) is 0 Å². The highest BCUT2D eigenvalue weighted by molar-refractivity contribution is 5.84. The van der Waals surface area contributed by atoms with Gasteiger partial charge in [0.1, 0.15) is 5.78 Å². The molecule has 3 aliphatic rings. The third kappa shape index (κ3) is 2.82. The molecular formula is C20H30O2. The van der Waals surface area contributed by atoms with Crippen LogP contribution in [0.1, 0.15) is 53.4 Å². The molecule has 1 heterocycles. The van der Waals surface area contributed by atoms with E-state index < -0.39 is 0 Å². The van der Waals surface area contributed by atoms with Gasteiger partial charge in [0.05, 0.1) is 12.7 Å². The van der Waals surface area contributed by atoms with E-state index in [0.717, 1.165) is 13.0 Å². The van der Waals surface area contributed by atoms with Gasteiger partial charge in [-0.3, -0.25) is 4.79 Å². The minimum Gasteiger partial charge on any atom is -0.377 e. The molecular weight excluding hydrogens is 272 g/mol. The van der Waals surface area contributed by atoms with Gasteiger partial charge in [0.25, 0.3) is 0 Å². The fourth-order valence-electron chi connectivity index (χ4n) is 5.08. The number of ether oxygens (including phenoxy) is 1. The summed E-state index contributed by atoms with van der Waals surface area (Å²) in [5.74, 6) is 2.84. The standard InChI is InChI=1S/C20H30O2/c1-12(2)6-5-7-13(3)16-9-8-15-11-22-18-10-17(21)19(14(18)4)20(15)16/h6-7,14-16,18-20H,5,8-11H2,1-4H3. The van der Waals surface area contributed by atoms with Crippen LogP contribution in [-0.2, 0) is 9.53 Å². The first-order valence-electron chi connectivity index (χ1n) is 8.93. The number of carbonyl (C=O) groups is 1. The Morgan fingerprint density at radius 1 is 1.23 bits per heavy atom. The van der Waals surface area contributed by atoms with Crippen molar-refractivity contribution < 1.29 is 9.53 Å². The summed E-state index contributed by atoms with van der Waals surface area (Å²) < 4.78 is 6.08. The zero-order valence-corrected chi connectivity index (χ0v) is 14.5. The molecule has 0 spiro atoms. The van der Waals surface area contributed by atoms with Crippen molar-refractivity contribution in [1.82, 2.24) is 0 Å². The van der Waals surface area contributed by atoms with Crippen LogP contribution in [0.3, 0.4) is 0 Å². The fraction of sp³-hybridized carbons (Fsp3) is 0.750. The summed E-state index contributed by atoms with van der Waals surface area (Å²) >= 11 is 0. The smallest absolute Gasteiger partial charge is 0.139 e. The quantitative estimate of drug-likeness (QED) is 0.715. The lowest BCUT2D eigenvalue weighted by Gasteiger charge is -2.30. The van der Waals surface area contributed by atoms with Gasteiger partial charge >= 0.3 is 0 Å². The Labute approximate surface area is 135 Å². The van der Waals surface area contributed by atoms with Crippen LogP contribution in [0.25, 0.3) is 0 Å². The number of hydrogen-bond donors (Lipinski definition) is 0. The molecule has 2 nitrogen and oxygen atoms in total. The van der Waals surface area contributed by atoms with Gasteiger partial charge in [-0.15, -0.1) is 0 Å². The van der Waals surface area contributed by atoms with Crippen molar-refractivity contribution in [3.63, 3.8) is 0 Å². The van der Waals surface area contributed by atoms with Crippen molar-refractivity contribution in [3.05, 3.63) is 23.3 Å². The molecule has 6 unspecified atom stereocenters. The summed E-state index contributed by atoms with van der Waals surface area (Å²) in [5, 5.41) is 0. The van der Waals surface area contributed by atoms with E-state index in [1.165, 1.54) is 24.0 Å². The number of carbonyl (C=O) groups excluding carboxylic acids is 1. The van der Waals surface area contributed by atoms with E-state index in [2.05, 4.69) is 39.8 Å². The number of Topliss-reactive ketones (excluding diaryl/α,β-unsaturated/α-hetero) is 1. The van der Waals surface area contributed by atoms with Crippen molar-refractivity contribution >= 4 is 5.78 Å². The van der Waals surface area contributed by atoms with Crippen molar-refractivity contribution in [3.8, 4) is 0 Å². The molecule has 3 rings (SSSR count). The normalized spacial score (nSPS) is 41.3. The number of hydrogen-bond acceptors (Lipinski definition) is 2. The molecule has 2 bridgehead atoms. The van der Waals surface area contributed by atoms with Crippen LogP contribution in [0.5, 0.6) is 0 Å². The molecule has 0 aromatic rings. The first kappa shape index (κ1) is 16.0. The molecule has 122 valence electrons. The highest BCUT2D eigenvalue weighted by Gasteiger charge is 2.53. The molecule has 1 aliphatic heterocycles. The summed E-state index contributed by atoms with van der Waals surface area (Å²) in [7, 11) is 0. The SMILES string of the molecule is CC(C)=CCC=C(C)C1CCC2COC3CC(=O)C(C3C)C21. The Bertz CT molecular complexity index is 498. The van der Waals surface area contributed by atoms with Crippen molar-refractivity contribution in [2.75, 3.05) is 6.61 Å². The zero-order chi connectivity index (χ0) is 15.9. The van der Waals surface area contributed by atoms with Crippen LogP contribution < -0.4 is 0 Å². The van der Waals surface area contributed by atoms with E-state index in [-0.39, 0.29) is 12.0 Å². The molecule has 6 atom stereocenters. The molecule has 0 N–H and O–H groups in total. The zero-order valence-electron chi connectivity index (χ0n) is 14.5. The third-order valence-corrected chi connectivity index (χ3v) is 6.27. The predicted molar refractivity (Wildman–Crippen MR) is 89.5 cm³/mol. The fourth-order valence-corrected chi connectivity index (χ4v) is 5.08. The Morgan fingerprint density at radius 3 is 2.73 bits per heavy atom. The average Bonchev–Trinajstić information content (AvgIpc) is 2.92. The summed E-state index contributed by atoms with van der Waals surface area (Å²) in [6, 6.07) is 0. The Balaban J connectivity index is 1.81. The van der Waals surface area contributed by atoms with E-state index in [1.54, 1.807) is 0 Å². The van der Waals surface area contributed by atoms with Gasteiger partial charge < -0.3 is 4.74 Å². The molecule has 0 aromatic carbocycles. The Morgan fingerprint density at radius 2 is 2.00 bits per heavy atom. The number of allylic oxidation sites excluding steroid dienone is 4. The van der Waals surface area contributed by atoms with Crippen LogP contribution in [0.15, 0.2) is 23.3 Å². The second kappa shape index (κ2) is 6.31. The van der Waals surface area contributed by atoms with Gasteiger partial charge in [-0.1, -0.05) is 30.2 Å². The topological polar surface area (TPSA) is 26.3 Å². The summed E-state index contributed by atoms with van der Waals surface area (Å²) in [5.41, 5.74) is 2.87. The van der Waals surface area contributed by atoms with Crippen LogP contribution >= 0.6 is 0 Å². The number of ketones is 1. The predicted octanol–water partition coefficient (Wildman–Crippen LogP) is 4.56. The van der Waals surface area contributed by atoms with Crippen molar-refractivity contribution in [2.24, 2.45) is 29.6 Å². The lowest BCUT2D eigenvalue weighted by atomic mass is 9.72. The summed E-state index contributed by atoms with van der Waals surface area (Å²) in [6.07, 6.45) is 9.00. The van der Waals surface area contributed by atoms with E-state index >= 15 is 0 Å². The monoisotopic (exact) mass is 302 g/mol. The minimum atomic E-state index is 0.193. The highest BCUT2D eigenvalue weighted by Crippen LogP contribution is 2.53. The second-order valence-electron chi connectivity index (χ2n) is 7.91. The van der Waals surface area contributed by atoms with E-state index in [9.17, 15) is 4.79 Å². The molecule has 0 radical (unpaired) electrons. The van der Waals surface area contributed by atoms with Gasteiger partial charge in [-0.05, 0) is 63.7 Å². The first-order valence-corrected chi connectivity index (χ1v) is 8.93. The van der Waals surface area contributed by atoms with Gasteiger partial charge in [0.2, 0.25) is 0 Å². The third-order valence-electron chi connectivity index (χ3n) is 6.27. The average molecular weight is 302 g/mol. The Kier molecular flexibility index (Phi) is 4.59. The van der Waals surface area contributed by atoms with Gasteiger partial charge in [-0.2, -0.15) is 0 Å². The summed E-state index contributed by atoms with van der Waals surface area (Å²) in [4.78, 5) is 12.5. The maximum atomic E-state index is 12.5. The Hall–Kier alpha value is -0.890. The largest absolute Gasteiger partial charge is 0.377 e. The second-order valence-corrected chi connectivity index (χ2v) is 7.91. The lowest BCUT2D eigenvalue weighted by Crippen LogP contribution is -2.31. The molecule has 2 aliphatic carbocycles. The maximum absolute atomic E-state index is 12.5.